The molecule has 0 saturated heterocycles. The van der Waals surface area contributed by atoms with E-state index in [-0.39, 0.29) is 13.0 Å². The second kappa shape index (κ2) is 34.6. The Kier molecular flexibility index (Phi) is 33.4. The van der Waals surface area contributed by atoms with Crippen molar-refractivity contribution in [2.45, 2.75) is 167 Å². The van der Waals surface area contributed by atoms with E-state index in [1.165, 1.54) is 70.6 Å². The van der Waals surface area contributed by atoms with Crippen molar-refractivity contribution < 1.29 is 42.7 Å². The standard InChI is InChI=1S/C38H70NO9P/c1-3-5-7-9-11-13-15-17-19-21-23-25-27-29-31-45-32-35(33-46-49(43,44)47-34-36(39)38(41)42)48-37(40)30-28-26-24-22-20-18-16-14-12-10-8-6-4-2/h6,8,12,14,18,20,35-36H,3-5,7,9-11,13,15-17,19,21-34,39H2,1-2H3,(H,41,42)(H,43,44)/b8-6-,14-12-,20-18-. The van der Waals surface area contributed by atoms with E-state index in [4.69, 9.17) is 24.8 Å². The molecule has 286 valence electrons. The molecule has 0 bridgehead atoms. The number of rotatable bonds is 36. The molecule has 49 heavy (non-hydrogen) atoms. The number of unbranched alkanes of at least 4 members (excludes halogenated alkanes) is 16. The third-order valence-corrected chi connectivity index (χ3v) is 8.88. The number of hydrogen-bond donors (Lipinski definition) is 3. The molecular formula is C38H70NO9P. The molecule has 0 saturated carbocycles. The Morgan fingerprint density at radius 1 is 0.673 bits per heavy atom. The van der Waals surface area contributed by atoms with Crippen molar-refractivity contribution in [3.63, 3.8) is 0 Å². The van der Waals surface area contributed by atoms with Gasteiger partial charge in [-0.05, 0) is 44.9 Å². The van der Waals surface area contributed by atoms with Crippen molar-refractivity contribution in [1.82, 2.24) is 0 Å². The van der Waals surface area contributed by atoms with Gasteiger partial charge in [-0.25, -0.2) is 4.57 Å². The van der Waals surface area contributed by atoms with Gasteiger partial charge in [0.25, 0.3) is 0 Å². The summed E-state index contributed by atoms with van der Waals surface area (Å²) in [7, 11) is -4.61. The monoisotopic (exact) mass is 715 g/mol. The summed E-state index contributed by atoms with van der Waals surface area (Å²) in [6, 6.07) is -1.48. The van der Waals surface area contributed by atoms with Crippen LogP contribution in [0, 0.1) is 0 Å². The lowest BCUT2D eigenvalue weighted by molar-refractivity contribution is -0.154. The van der Waals surface area contributed by atoms with Crippen LogP contribution in [0.4, 0.5) is 0 Å². The quantitative estimate of drug-likeness (QED) is 0.0247. The lowest BCUT2D eigenvalue weighted by Gasteiger charge is -2.20. The van der Waals surface area contributed by atoms with Crippen molar-refractivity contribution in [2.24, 2.45) is 5.73 Å². The number of nitrogens with two attached hydrogens (primary N) is 1. The summed E-state index contributed by atoms with van der Waals surface area (Å²) in [6.07, 6.45) is 36.3. The van der Waals surface area contributed by atoms with Crippen molar-refractivity contribution in [3.05, 3.63) is 36.5 Å². The average molecular weight is 716 g/mol. The molecule has 0 heterocycles. The van der Waals surface area contributed by atoms with E-state index < -0.39 is 45.1 Å². The summed E-state index contributed by atoms with van der Waals surface area (Å²) in [4.78, 5) is 33.4. The van der Waals surface area contributed by atoms with Gasteiger partial charge in [-0.1, -0.05) is 140 Å². The minimum atomic E-state index is -4.61. The number of ether oxygens (including phenoxy) is 2. The number of esters is 1. The predicted molar refractivity (Wildman–Crippen MR) is 198 cm³/mol. The number of phosphoric acid groups is 1. The molecule has 4 N–H and O–H groups in total. The molecule has 3 atom stereocenters. The highest BCUT2D eigenvalue weighted by molar-refractivity contribution is 7.47. The van der Waals surface area contributed by atoms with Gasteiger partial charge >= 0.3 is 19.8 Å². The molecule has 10 nitrogen and oxygen atoms in total. The fourth-order valence-electron chi connectivity index (χ4n) is 4.97. The van der Waals surface area contributed by atoms with Gasteiger partial charge in [-0.2, -0.15) is 0 Å². The van der Waals surface area contributed by atoms with Gasteiger partial charge in [0.2, 0.25) is 0 Å². The Balaban J connectivity index is 4.34. The van der Waals surface area contributed by atoms with E-state index in [1.54, 1.807) is 0 Å². The first-order valence-corrected chi connectivity index (χ1v) is 20.5. The van der Waals surface area contributed by atoms with Crippen molar-refractivity contribution in [3.8, 4) is 0 Å². The van der Waals surface area contributed by atoms with Crippen LogP contribution in [0.5, 0.6) is 0 Å². The topological polar surface area (TPSA) is 155 Å². The SMILES string of the molecule is CC/C=C\C/C=C\C/C=C\CCCCCC(=O)OC(COCCCCCCCCCCCCCCCC)COP(=O)(O)OCC(N)C(=O)O. The normalized spacial score (nSPS) is 14.5. The molecule has 0 rings (SSSR count). The molecular weight excluding hydrogens is 645 g/mol. The van der Waals surface area contributed by atoms with Gasteiger partial charge in [-0.15, -0.1) is 0 Å². The van der Waals surface area contributed by atoms with Gasteiger partial charge in [0.05, 0.1) is 19.8 Å². The van der Waals surface area contributed by atoms with Crippen molar-refractivity contribution >= 4 is 19.8 Å². The fraction of sp³-hybridized carbons (Fsp3) is 0.789. The molecule has 0 aliphatic heterocycles. The maximum atomic E-state index is 12.5. The lowest BCUT2D eigenvalue weighted by atomic mass is 10.0. The lowest BCUT2D eigenvalue weighted by Crippen LogP contribution is -2.34. The predicted octanol–water partition coefficient (Wildman–Crippen LogP) is 9.75. The number of carboxylic acid groups (broad SMARTS) is 1. The zero-order chi connectivity index (χ0) is 36.3. The van der Waals surface area contributed by atoms with E-state index in [0.717, 1.165) is 57.8 Å². The first-order chi connectivity index (χ1) is 23.7. The fourth-order valence-corrected chi connectivity index (χ4v) is 5.75. The Morgan fingerprint density at radius 2 is 1.18 bits per heavy atom. The molecule has 0 aromatic rings. The van der Waals surface area contributed by atoms with Crippen molar-refractivity contribution in [1.29, 1.82) is 0 Å². The minimum absolute atomic E-state index is 0.00690. The van der Waals surface area contributed by atoms with Crippen LogP contribution >= 0.6 is 7.82 Å². The first-order valence-electron chi connectivity index (χ1n) is 19.0. The summed E-state index contributed by atoms with van der Waals surface area (Å²) in [5.41, 5.74) is 5.33. The molecule has 0 amide bonds. The third kappa shape index (κ3) is 34.4. The van der Waals surface area contributed by atoms with E-state index in [9.17, 15) is 19.0 Å². The summed E-state index contributed by atoms with van der Waals surface area (Å²) in [6.45, 7) is 3.72. The molecule has 11 heteroatoms. The van der Waals surface area contributed by atoms with Gasteiger partial charge in [-0.3, -0.25) is 18.6 Å². The van der Waals surface area contributed by atoms with Crippen LogP contribution in [0.25, 0.3) is 0 Å². The average Bonchev–Trinajstić information content (AvgIpc) is 3.07. The Morgan fingerprint density at radius 3 is 1.76 bits per heavy atom. The molecule has 0 radical (unpaired) electrons. The Labute approximate surface area is 297 Å². The Bertz CT molecular complexity index is 925. The molecule has 0 aliphatic rings. The Hall–Kier alpha value is -1.81. The number of allylic oxidation sites excluding steroid dienone is 6. The molecule has 0 aliphatic carbocycles. The van der Waals surface area contributed by atoms with Gasteiger partial charge < -0.3 is 25.2 Å². The van der Waals surface area contributed by atoms with E-state index in [1.807, 2.05) is 0 Å². The molecule has 0 aromatic carbocycles. The van der Waals surface area contributed by atoms with Crippen LogP contribution < -0.4 is 5.73 Å². The van der Waals surface area contributed by atoms with Crippen LogP contribution in [-0.4, -0.2) is 60.5 Å². The van der Waals surface area contributed by atoms with Crippen LogP contribution in [0.2, 0.25) is 0 Å². The van der Waals surface area contributed by atoms with Crippen LogP contribution in [0.3, 0.4) is 0 Å². The van der Waals surface area contributed by atoms with Gasteiger partial charge in [0.15, 0.2) is 0 Å². The molecule has 3 unspecified atom stereocenters. The summed E-state index contributed by atoms with van der Waals surface area (Å²) in [5.74, 6) is -1.81. The van der Waals surface area contributed by atoms with E-state index in [2.05, 4.69) is 54.8 Å². The molecule has 0 spiro atoms. The van der Waals surface area contributed by atoms with Crippen LogP contribution in [0.15, 0.2) is 36.5 Å². The number of aliphatic carboxylic acids is 1. The second-order valence-electron chi connectivity index (χ2n) is 12.7. The summed E-state index contributed by atoms with van der Waals surface area (Å²) < 4.78 is 33.2. The van der Waals surface area contributed by atoms with E-state index >= 15 is 0 Å². The summed E-state index contributed by atoms with van der Waals surface area (Å²) in [5, 5.41) is 8.86. The largest absolute Gasteiger partial charge is 0.480 e. The smallest absolute Gasteiger partial charge is 0.472 e. The molecule has 0 fully saturated rings. The maximum absolute atomic E-state index is 12.5. The highest BCUT2D eigenvalue weighted by atomic mass is 31.2. The van der Waals surface area contributed by atoms with Crippen molar-refractivity contribution in [2.75, 3.05) is 26.4 Å². The highest BCUT2D eigenvalue weighted by Gasteiger charge is 2.27. The summed E-state index contributed by atoms with van der Waals surface area (Å²) >= 11 is 0. The maximum Gasteiger partial charge on any atom is 0.472 e. The number of hydrogen-bond acceptors (Lipinski definition) is 8. The van der Waals surface area contributed by atoms with Crippen LogP contribution in [-0.2, 0) is 32.7 Å². The number of carbonyl (C=O) groups is 2. The third-order valence-electron chi connectivity index (χ3n) is 7.93. The highest BCUT2D eigenvalue weighted by Crippen LogP contribution is 2.43. The number of phosphoric ester groups is 1. The zero-order valence-electron chi connectivity index (χ0n) is 30.8. The minimum Gasteiger partial charge on any atom is -0.480 e. The van der Waals surface area contributed by atoms with Gasteiger partial charge in [0, 0.05) is 13.0 Å². The number of carbonyl (C=O) groups excluding carboxylic acids is 1. The molecule has 0 aromatic heterocycles. The number of carboxylic acids is 1. The van der Waals surface area contributed by atoms with Crippen LogP contribution in [0.1, 0.15) is 155 Å². The zero-order valence-corrected chi connectivity index (χ0v) is 31.7. The van der Waals surface area contributed by atoms with Gasteiger partial charge in [0.1, 0.15) is 12.1 Å². The van der Waals surface area contributed by atoms with E-state index in [0.29, 0.717) is 13.0 Å². The second-order valence-corrected chi connectivity index (χ2v) is 14.1. The first kappa shape index (κ1) is 47.2.